The van der Waals surface area contributed by atoms with Gasteiger partial charge in [0.15, 0.2) is 0 Å². The highest BCUT2D eigenvalue weighted by Gasteiger charge is 2.37. The molecule has 0 aliphatic carbocycles. The number of carbonyl (C=O) groups excluding carboxylic acids is 2. The number of fused-ring (bicyclic) bond motifs is 2. The monoisotopic (exact) mass is 505 g/mol. The maximum Gasteiger partial charge on any atom is 0.347 e. The molecule has 0 radical (unpaired) electrons. The maximum atomic E-state index is 13.3. The average molecular weight is 505 g/mol. The molecule has 2 amide bonds. The molecule has 0 N–H and O–H groups in total. The summed E-state index contributed by atoms with van der Waals surface area (Å²) in [7, 11) is 0. The number of carbonyl (C=O) groups is 2. The van der Waals surface area contributed by atoms with Crippen molar-refractivity contribution in [2.75, 3.05) is 4.90 Å². The lowest BCUT2D eigenvalue weighted by molar-refractivity contribution is -0.384. The number of nitrogens with zero attached hydrogens (tertiary/aromatic N) is 3. The van der Waals surface area contributed by atoms with Gasteiger partial charge in [-0.3, -0.25) is 19.7 Å². The molecule has 38 heavy (non-hydrogen) atoms. The van der Waals surface area contributed by atoms with Gasteiger partial charge in [0.2, 0.25) is 5.89 Å². The Hall–Kier alpha value is -5.64. The summed E-state index contributed by atoms with van der Waals surface area (Å²) in [5.41, 5.74) is 0.761. The zero-order chi connectivity index (χ0) is 26.4. The second-order valence-corrected chi connectivity index (χ2v) is 8.38. The molecule has 0 saturated heterocycles. The number of aromatic nitrogens is 1. The van der Waals surface area contributed by atoms with Crippen LogP contribution in [0.1, 0.15) is 20.7 Å². The molecule has 0 fully saturated rings. The van der Waals surface area contributed by atoms with Crippen LogP contribution < -0.4 is 15.3 Å². The van der Waals surface area contributed by atoms with E-state index in [-0.39, 0.29) is 39.9 Å². The number of hydrogen-bond donors (Lipinski definition) is 0. The Balaban J connectivity index is 1.32. The van der Waals surface area contributed by atoms with Crippen LogP contribution >= 0.6 is 0 Å². The van der Waals surface area contributed by atoms with Crippen LogP contribution in [0.4, 0.5) is 11.4 Å². The van der Waals surface area contributed by atoms with Crippen molar-refractivity contribution >= 4 is 34.1 Å². The molecule has 4 aromatic carbocycles. The summed E-state index contributed by atoms with van der Waals surface area (Å²) in [6.45, 7) is 0. The minimum absolute atomic E-state index is 0.0554. The van der Waals surface area contributed by atoms with Gasteiger partial charge < -0.3 is 9.15 Å². The quantitative estimate of drug-likeness (QED) is 0.177. The number of nitro groups is 1. The number of rotatable bonds is 5. The highest BCUT2D eigenvalue weighted by atomic mass is 16.6. The van der Waals surface area contributed by atoms with E-state index in [9.17, 15) is 24.5 Å². The summed E-state index contributed by atoms with van der Waals surface area (Å²) in [6.07, 6.45) is 0. The Bertz CT molecular complexity index is 1860. The third kappa shape index (κ3) is 3.86. The lowest BCUT2D eigenvalue weighted by Crippen LogP contribution is -2.29. The van der Waals surface area contributed by atoms with E-state index in [1.54, 1.807) is 54.6 Å². The fourth-order valence-corrected chi connectivity index (χ4v) is 4.23. The molecule has 1 aromatic heterocycles. The van der Waals surface area contributed by atoms with Gasteiger partial charge in [-0.15, -0.1) is 0 Å². The fraction of sp³-hybridized carbons (Fsp3) is 0. The van der Waals surface area contributed by atoms with Crippen LogP contribution in [0.25, 0.3) is 22.4 Å². The lowest BCUT2D eigenvalue weighted by Gasteiger charge is -2.14. The highest BCUT2D eigenvalue weighted by Crippen LogP contribution is 2.34. The SMILES string of the molecule is O=C1c2ccc(Oc3cccc([N+](=O)[O-])c3)cc2C(=O)N1c1cccc(-c2nc3ccccc3c(=O)o2)c1. The summed E-state index contributed by atoms with van der Waals surface area (Å²) < 4.78 is 11.1. The van der Waals surface area contributed by atoms with Gasteiger partial charge in [0.25, 0.3) is 17.5 Å². The lowest BCUT2D eigenvalue weighted by atomic mass is 10.1. The van der Waals surface area contributed by atoms with Crippen LogP contribution in [0.2, 0.25) is 0 Å². The smallest absolute Gasteiger partial charge is 0.347 e. The molecule has 0 bridgehead atoms. The van der Waals surface area contributed by atoms with Gasteiger partial charge in [0.05, 0.1) is 38.7 Å². The fourth-order valence-electron chi connectivity index (χ4n) is 4.23. The highest BCUT2D eigenvalue weighted by molar-refractivity contribution is 6.34. The van der Waals surface area contributed by atoms with Crippen molar-refractivity contribution in [2.45, 2.75) is 0 Å². The van der Waals surface area contributed by atoms with Gasteiger partial charge >= 0.3 is 5.63 Å². The molecule has 0 atom stereocenters. The van der Waals surface area contributed by atoms with Crippen LogP contribution in [0.15, 0.2) is 100 Å². The Kier molecular flexibility index (Phi) is 5.27. The van der Waals surface area contributed by atoms with Gasteiger partial charge in [-0.25, -0.2) is 14.7 Å². The number of ether oxygens (including phenoxy) is 1. The first kappa shape index (κ1) is 22.8. The number of benzene rings is 4. The Morgan fingerprint density at radius 1 is 0.789 bits per heavy atom. The topological polar surface area (TPSA) is 133 Å². The van der Waals surface area contributed by atoms with Crippen LogP contribution in [-0.2, 0) is 0 Å². The number of amides is 2. The summed E-state index contributed by atoms with van der Waals surface area (Å²) in [5, 5.41) is 11.4. The first-order valence-corrected chi connectivity index (χ1v) is 11.3. The molecule has 0 unspecified atom stereocenters. The van der Waals surface area contributed by atoms with Crippen LogP contribution in [-0.4, -0.2) is 21.7 Å². The number of non-ortho nitro benzene ring substituents is 1. The minimum atomic E-state index is -0.570. The largest absolute Gasteiger partial charge is 0.457 e. The molecule has 1 aliphatic heterocycles. The average Bonchev–Trinajstić information content (AvgIpc) is 3.17. The summed E-state index contributed by atoms with van der Waals surface area (Å²) >= 11 is 0. The van der Waals surface area contributed by atoms with Crippen molar-refractivity contribution < 1.29 is 23.7 Å². The van der Waals surface area contributed by atoms with E-state index in [0.717, 1.165) is 4.90 Å². The van der Waals surface area contributed by atoms with E-state index in [1.165, 1.54) is 36.4 Å². The van der Waals surface area contributed by atoms with Gasteiger partial charge in [0.1, 0.15) is 11.5 Å². The summed E-state index contributed by atoms with van der Waals surface area (Å²) in [4.78, 5) is 54.8. The van der Waals surface area contributed by atoms with Crippen molar-refractivity contribution in [2.24, 2.45) is 0 Å². The first-order chi connectivity index (χ1) is 18.4. The maximum absolute atomic E-state index is 13.3. The molecule has 5 aromatic rings. The zero-order valence-corrected chi connectivity index (χ0v) is 19.4. The van der Waals surface area contributed by atoms with Gasteiger partial charge in [-0.2, -0.15) is 0 Å². The van der Waals surface area contributed by atoms with Crippen molar-refractivity contribution in [1.29, 1.82) is 0 Å². The van der Waals surface area contributed by atoms with Gasteiger partial charge in [-0.1, -0.05) is 24.3 Å². The molecule has 0 spiro atoms. The second-order valence-electron chi connectivity index (χ2n) is 8.38. The number of imide groups is 1. The molecule has 10 heteroatoms. The van der Waals surface area contributed by atoms with Crippen molar-refractivity contribution in [3.05, 3.63) is 123 Å². The molecule has 1 aliphatic rings. The van der Waals surface area contributed by atoms with E-state index >= 15 is 0 Å². The second kappa shape index (κ2) is 8.79. The van der Waals surface area contributed by atoms with Gasteiger partial charge in [-0.05, 0) is 54.6 Å². The van der Waals surface area contributed by atoms with Crippen molar-refractivity contribution in [3.63, 3.8) is 0 Å². The molecule has 0 saturated carbocycles. The molecular formula is C28H15N3O7. The predicted molar refractivity (Wildman–Crippen MR) is 136 cm³/mol. The number of nitro benzene ring substituents is 1. The molecule has 10 nitrogen and oxygen atoms in total. The molecule has 6 rings (SSSR count). The van der Waals surface area contributed by atoms with E-state index in [4.69, 9.17) is 9.15 Å². The summed E-state index contributed by atoms with van der Waals surface area (Å²) in [6, 6.07) is 23.2. The Morgan fingerprint density at radius 2 is 1.55 bits per heavy atom. The normalized spacial score (nSPS) is 12.6. The van der Waals surface area contributed by atoms with E-state index in [2.05, 4.69) is 4.98 Å². The predicted octanol–water partition coefficient (Wildman–Crippen LogP) is 5.36. The van der Waals surface area contributed by atoms with E-state index < -0.39 is 22.4 Å². The Morgan fingerprint density at radius 3 is 2.39 bits per heavy atom. The Labute approximate surface area is 213 Å². The standard InChI is InChI=1S/C28H15N3O7/c32-26-21-12-11-20(37-19-8-4-7-18(14-19)31(35)36)15-23(21)27(33)30(26)17-6-3-5-16(13-17)25-29-24-10-2-1-9-22(24)28(34)38-25/h1-15H. The third-order valence-electron chi connectivity index (χ3n) is 6.01. The summed E-state index contributed by atoms with van der Waals surface area (Å²) in [5.74, 6) is -0.593. The van der Waals surface area contributed by atoms with Gasteiger partial charge in [0, 0.05) is 11.6 Å². The minimum Gasteiger partial charge on any atom is -0.457 e. The van der Waals surface area contributed by atoms with Crippen molar-refractivity contribution in [1.82, 2.24) is 4.98 Å². The number of hydrogen-bond acceptors (Lipinski definition) is 8. The van der Waals surface area contributed by atoms with E-state index in [0.29, 0.717) is 16.5 Å². The van der Waals surface area contributed by atoms with Crippen molar-refractivity contribution in [3.8, 4) is 23.0 Å². The number of para-hydroxylation sites is 1. The van der Waals surface area contributed by atoms with E-state index in [1.807, 2.05) is 0 Å². The van der Waals surface area contributed by atoms with Crippen LogP contribution in [0.5, 0.6) is 11.5 Å². The molecular weight excluding hydrogens is 490 g/mol. The molecule has 2 heterocycles. The van der Waals surface area contributed by atoms with Crippen LogP contribution in [0, 0.1) is 10.1 Å². The van der Waals surface area contributed by atoms with Crippen LogP contribution in [0.3, 0.4) is 0 Å². The number of anilines is 1. The zero-order valence-electron chi connectivity index (χ0n) is 19.4. The molecule has 184 valence electrons. The third-order valence-corrected chi connectivity index (χ3v) is 6.01. The first-order valence-electron chi connectivity index (χ1n) is 11.3.